The summed E-state index contributed by atoms with van der Waals surface area (Å²) in [6, 6.07) is 1.60. The molecule has 6 nitrogen and oxygen atoms in total. The van der Waals surface area contributed by atoms with Gasteiger partial charge in [-0.2, -0.15) is 0 Å². The van der Waals surface area contributed by atoms with Gasteiger partial charge in [0.05, 0.1) is 18.6 Å². The molecule has 0 aliphatic heterocycles. The van der Waals surface area contributed by atoms with Gasteiger partial charge in [-0.25, -0.2) is 9.78 Å². The second-order valence-corrected chi connectivity index (χ2v) is 4.90. The Morgan fingerprint density at radius 1 is 1.53 bits per heavy atom. The highest BCUT2D eigenvalue weighted by Gasteiger charge is 2.15. The first kappa shape index (κ1) is 13.5. The molecule has 100 valence electrons. The summed E-state index contributed by atoms with van der Waals surface area (Å²) >= 11 is 3.17. The molecule has 0 aliphatic rings. The van der Waals surface area contributed by atoms with Crippen LogP contribution in [0.1, 0.15) is 27.6 Å². The number of carbonyl (C=O) groups is 1. The van der Waals surface area contributed by atoms with Crippen LogP contribution >= 0.6 is 15.9 Å². The van der Waals surface area contributed by atoms with Gasteiger partial charge in [0.15, 0.2) is 0 Å². The molecular weight excluding hydrogens is 316 g/mol. The summed E-state index contributed by atoms with van der Waals surface area (Å²) in [5.41, 5.74) is 0.885. The van der Waals surface area contributed by atoms with Crippen LogP contribution in [0.3, 0.4) is 0 Å². The van der Waals surface area contributed by atoms with Gasteiger partial charge in [0.1, 0.15) is 10.2 Å². The molecule has 2 aromatic rings. The maximum atomic E-state index is 11.9. The highest BCUT2D eigenvalue weighted by atomic mass is 79.9. The van der Waals surface area contributed by atoms with E-state index in [1.807, 2.05) is 0 Å². The molecule has 2 aromatic heterocycles. The van der Waals surface area contributed by atoms with Gasteiger partial charge in [0.25, 0.3) is 5.56 Å². The molecule has 0 spiro atoms. The molecule has 19 heavy (non-hydrogen) atoms. The van der Waals surface area contributed by atoms with Crippen LogP contribution in [-0.4, -0.2) is 20.6 Å². The Hall–Kier alpha value is -1.89. The molecule has 0 atom stereocenters. The number of aromatic carboxylic acids is 1. The largest absolute Gasteiger partial charge is 0.475 e. The van der Waals surface area contributed by atoms with Gasteiger partial charge in [-0.05, 0) is 35.8 Å². The minimum Gasteiger partial charge on any atom is -0.475 e. The zero-order chi connectivity index (χ0) is 14.2. The molecule has 0 aromatic carbocycles. The first-order valence-corrected chi connectivity index (χ1v) is 6.23. The molecule has 2 heterocycles. The lowest BCUT2D eigenvalue weighted by Gasteiger charge is -2.04. The summed E-state index contributed by atoms with van der Waals surface area (Å²) in [7, 11) is 0. The molecule has 2 rings (SSSR count). The topological polar surface area (TPSA) is 85.3 Å². The van der Waals surface area contributed by atoms with Crippen LogP contribution < -0.4 is 5.56 Å². The minimum absolute atomic E-state index is 0.109. The Labute approximate surface area is 116 Å². The molecule has 0 saturated carbocycles. The van der Waals surface area contributed by atoms with Crippen molar-refractivity contribution in [2.75, 3.05) is 0 Å². The molecule has 0 amide bonds. The molecule has 1 N–H and O–H groups in total. The van der Waals surface area contributed by atoms with Crippen molar-refractivity contribution >= 4 is 21.9 Å². The quantitative estimate of drug-likeness (QED) is 0.931. The van der Waals surface area contributed by atoms with E-state index in [1.165, 1.54) is 10.9 Å². The number of furan rings is 1. The Morgan fingerprint density at radius 2 is 2.21 bits per heavy atom. The van der Waals surface area contributed by atoms with Crippen molar-refractivity contribution in [1.29, 1.82) is 0 Å². The Morgan fingerprint density at radius 3 is 2.79 bits per heavy atom. The molecular formula is C12H11BrN2O4. The second-order valence-electron chi connectivity index (χ2n) is 4.11. The predicted octanol–water partition coefficient (Wildman–Crippen LogP) is 1.96. The van der Waals surface area contributed by atoms with Gasteiger partial charge in [-0.1, -0.05) is 0 Å². The Balaban J connectivity index is 2.37. The van der Waals surface area contributed by atoms with Crippen molar-refractivity contribution in [2.24, 2.45) is 0 Å². The molecule has 0 aliphatic carbocycles. The van der Waals surface area contributed by atoms with Crippen LogP contribution in [0.5, 0.6) is 0 Å². The third kappa shape index (κ3) is 2.60. The molecule has 0 radical (unpaired) electrons. The van der Waals surface area contributed by atoms with E-state index in [0.717, 1.165) is 0 Å². The predicted molar refractivity (Wildman–Crippen MR) is 70.4 cm³/mol. The lowest BCUT2D eigenvalue weighted by atomic mass is 10.2. The van der Waals surface area contributed by atoms with Crippen LogP contribution in [0.2, 0.25) is 0 Å². The molecule has 0 saturated heterocycles. The molecule has 0 unspecified atom stereocenters. The zero-order valence-electron chi connectivity index (χ0n) is 10.3. The van der Waals surface area contributed by atoms with Crippen molar-refractivity contribution in [3.05, 3.63) is 50.0 Å². The normalized spacial score (nSPS) is 10.7. The number of rotatable bonds is 3. The van der Waals surface area contributed by atoms with Crippen molar-refractivity contribution < 1.29 is 14.3 Å². The maximum absolute atomic E-state index is 11.9. The van der Waals surface area contributed by atoms with Crippen molar-refractivity contribution in [2.45, 2.75) is 20.4 Å². The number of hydrogen-bond donors (Lipinski definition) is 1. The van der Waals surface area contributed by atoms with E-state index in [-0.39, 0.29) is 17.9 Å². The van der Waals surface area contributed by atoms with E-state index in [0.29, 0.717) is 21.5 Å². The third-order valence-electron chi connectivity index (χ3n) is 2.65. The van der Waals surface area contributed by atoms with E-state index in [4.69, 9.17) is 9.52 Å². The number of carboxylic acid groups (broad SMARTS) is 1. The SMILES string of the molecule is Cc1cc(Cn2cnc(C)c(Br)c2=O)oc1C(=O)O. The first-order valence-electron chi connectivity index (χ1n) is 5.44. The average Bonchev–Trinajstić information content (AvgIpc) is 2.71. The highest BCUT2D eigenvalue weighted by Crippen LogP contribution is 2.15. The van der Waals surface area contributed by atoms with Crippen LogP contribution in [0, 0.1) is 13.8 Å². The second kappa shape index (κ2) is 5.00. The summed E-state index contributed by atoms with van der Waals surface area (Å²) in [6.07, 6.45) is 1.40. The van der Waals surface area contributed by atoms with E-state index in [9.17, 15) is 9.59 Å². The van der Waals surface area contributed by atoms with Gasteiger partial charge in [-0.15, -0.1) is 0 Å². The van der Waals surface area contributed by atoms with Crippen molar-refractivity contribution in [3.63, 3.8) is 0 Å². The first-order chi connectivity index (χ1) is 8.90. The van der Waals surface area contributed by atoms with Crippen LogP contribution in [0.25, 0.3) is 0 Å². The van der Waals surface area contributed by atoms with Crippen LogP contribution in [0.15, 0.2) is 26.1 Å². The van der Waals surface area contributed by atoms with E-state index >= 15 is 0 Å². The number of halogens is 1. The smallest absolute Gasteiger partial charge is 0.372 e. The van der Waals surface area contributed by atoms with Crippen molar-refractivity contribution in [3.8, 4) is 0 Å². The fourth-order valence-electron chi connectivity index (χ4n) is 1.67. The third-order valence-corrected chi connectivity index (χ3v) is 3.56. The Kier molecular flexibility index (Phi) is 3.57. The number of aromatic nitrogens is 2. The van der Waals surface area contributed by atoms with Gasteiger partial charge in [0.2, 0.25) is 5.76 Å². The summed E-state index contributed by atoms with van der Waals surface area (Å²) in [4.78, 5) is 26.9. The Bertz CT molecular complexity index is 702. The summed E-state index contributed by atoms with van der Waals surface area (Å²) < 4.78 is 6.94. The van der Waals surface area contributed by atoms with Gasteiger partial charge in [0, 0.05) is 5.56 Å². The van der Waals surface area contributed by atoms with E-state index < -0.39 is 5.97 Å². The fraction of sp³-hybridized carbons (Fsp3) is 0.250. The maximum Gasteiger partial charge on any atom is 0.372 e. The van der Waals surface area contributed by atoms with E-state index in [2.05, 4.69) is 20.9 Å². The number of nitrogens with zero attached hydrogens (tertiary/aromatic N) is 2. The number of hydrogen-bond acceptors (Lipinski definition) is 4. The van der Waals surface area contributed by atoms with Gasteiger partial charge < -0.3 is 9.52 Å². The lowest BCUT2D eigenvalue weighted by Crippen LogP contribution is -2.22. The highest BCUT2D eigenvalue weighted by molar-refractivity contribution is 9.10. The summed E-state index contributed by atoms with van der Waals surface area (Å²) in [5, 5.41) is 8.90. The van der Waals surface area contributed by atoms with Gasteiger partial charge >= 0.3 is 5.97 Å². The molecule has 7 heteroatoms. The van der Waals surface area contributed by atoms with E-state index in [1.54, 1.807) is 19.9 Å². The van der Waals surface area contributed by atoms with Crippen LogP contribution in [-0.2, 0) is 6.54 Å². The number of aryl methyl sites for hydroxylation is 2. The monoisotopic (exact) mass is 326 g/mol. The van der Waals surface area contributed by atoms with Crippen LogP contribution in [0.4, 0.5) is 0 Å². The molecule has 0 bridgehead atoms. The minimum atomic E-state index is -1.13. The summed E-state index contributed by atoms with van der Waals surface area (Å²) in [5.74, 6) is -0.837. The average molecular weight is 327 g/mol. The standard InChI is InChI=1S/C12H11BrN2O4/c1-6-3-8(19-10(6)12(17)18)4-15-5-14-7(2)9(13)11(15)16/h3,5H,4H2,1-2H3,(H,17,18). The van der Waals surface area contributed by atoms with Crippen molar-refractivity contribution in [1.82, 2.24) is 9.55 Å². The fourth-order valence-corrected chi connectivity index (χ4v) is 2.00. The summed E-state index contributed by atoms with van der Waals surface area (Å²) in [6.45, 7) is 3.50. The lowest BCUT2D eigenvalue weighted by molar-refractivity contribution is 0.0659. The molecule has 0 fully saturated rings. The van der Waals surface area contributed by atoms with Gasteiger partial charge in [-0.3, -0.25) is 9.36 Å². The zero-order valence-corrected chi connectivity index (χ0v) is 11.9. The number of carboxylic acids is 1.